The summed E-state index contributed by atoms with van der Waals surface area (Å²) in [7, 11) is 2.29. The van der Waals surface area contributed by atoms with E-state index in [1.165, 1.54) is 51.5 Å². The lowest BCUT2D eigenvalue weighted by Gasteiger charge is -2.28. The van der Waals surface area contributed by atoms with Gasteiger partial charge in [-0.1, -0.05) is 46.0 Å². The van der Waals surface area contributed by atoms with Gasteiger partial charge in [0.15, 0.2) is 0 Å². The van der Waals surface area contributed by atoms with Crippen molar-refractivity contribution in [1.29, 1.82) is 0 Å². The lowest BCUT2D eigenvalue weighted by molar-refractivity contribution is 0.204. The highest BCUT2D eigenvalue weighted by molar-refractivity contribution is 4.73. The second kappa shape index (κ2) is 6.44. The van der Waals surface area contributed by atoms with Crippen LogP contribution in [0.3, 0.4) is 0 Å². The first-order chi connectivity index (χ1) is 6.74. The maximum Gasteiger partial charge on any atom is 0.00946 e. The summed E-state index contributed by atoms with van der Waals surface area (Å²) >= 11 is 0. The Kier molecular flexibility index (Phi) is 5.54. The molecule has 2 unspecified atom stereocenters. The highest BCUT2D eigenvalue weighted by atomic mass is 15.1. The molecule has 0 radical (unpaired) electrons. The normalized spacial score (nSPS) is 30.9. The second-order valence-corrected chi connectivity index (χ2v) is 5.06. The fourth-order valence-electron chi connectivity index (χ4n) is 2.59. The van der Waals surface area contributed by atoms with Gasteiger partial charge in [0.1, 0.15) is 0 Å². The Morgan fingerprint density at radius 2 is 1.71 bits per heavy atom. The highest BCUT2D eigenvalue weighted by Gasteiger charge is 2.17. The van der Waals surface area contributed by atoms with E-state index in [2.05, 4.69) is 25.8 Å². The summed E-state index contributed by atoms with van der Waals surface area (Å²) in [6.45, 7) is 5.91. The van der Waals surface area contributed by atoms with Gasteiger partial charge in [0.25, 0.3) is 0 Å². The van der Waals surface area contributed by atoms with E-state index in [0.717, 1.165) is 12.0 Å². The summed E-state index contributed by atoms with van der Waals surface area (Å²) < 4.78 is 0. The van der Waals surface area contributed by atoms with Crippen LogP contribution in [0.15, 0.2) is 0 Å². The Balaban J connectivity index is 2.44. The molecule has 0 saturated heterocycles. The molecular formula is C13H27N. The van der Waals surface area contributed by atoms with Crippen LogP contribution in [0, 0.1) is 5.92 Å². The van der Waals surface area contributed by atoms with Crippen molar-refractivity contribution < 1.29 is 0 Å². The Morgan fingerprint density at radius 1 is 1.07 bits per heavy atom. The molecule has 1 aliphatic rings. The Labute approximate surface area is 89.9 Å². The molecule has 1 rings (SSSR count). The molecule has 0 N–H and O–H groups in total. The maximum absolute atomic E-state index is 2.54. The summed E-state index contributed by atoms with van der Waals surface area (Å²) in [6, 6.07) is 0.855. The molecule has 0 bridgehead atoms. The number of hydrogen-bond donors (Lipinski definition) is 0. The van der Waals surface area contributed by atoms with E-state index in [0.29, 0.717) is 0 Å². The van der Waals surface area contributed by atoms with Gasteiger partial charge in [-0.15, -0.1) is 0 Å². The van der Waals surface area contributed by atoms with E-state index < -0.39 is 0 Å². The minimum absolute atomic E-state index is 0.855. The molecule has 0 spiro atoms. The monoisotopic (exact) mass is 197 g/mol. The molecule has 2 atom stereocenters. The topological polar surface area (TPSA) is 3.24 Å². The van der Waals surface area contributed by atoms with Gasteiger partial charge in [0, 0.05) is 6.04 Å². The lowest BCUT2D eigenvalue weighted by Crippen LogP contribution is -2.32. The fraction of sp³-hybridized carbons (Fsp3) is 1.00. The Bertz CT molecular complexity index is 144. The minimum atomic E-state index is 0.855. The van der Waals surface area contributed by atoms with Crippen molar-refractivity contribution in [3.05, 3.63) is 0 Å². The Morgan fingerprint density at radius 3 is 2.36 bits per heavy atom. The Hall–Kier alpha value is -0.0400. The van der Waals surface area contributed by atoms with Crippen molar-refractivity contribution in [3.8, 4) is 0 Å². The van der Waals surface area contributed by atoms with E-state index in [4.69, 9.17) is 0 Å². The lowest BCUT2D eigenvalue weighted by atomic mass is 9.95. The zero-order chi connectivity index (χ0) is 10.4. The van der Waals surface area contributed by atoms with Gasteiger partial charge < -0.3 is 4.90 Å². The molecule has 0 aromatic carbocycles. The van der Waals surface area contributed by atoms with Gasteiger partial charge in [-0.2, -0.15) is 0 Å². The number of nitrogens with zero attached hydrogens (tertiary/aromatic N) is 1. The van der Waals surface area contributed by atoms with Crippen molar-refractivity contribution >= 4 is 0 Å². The van der Waals surface area contributed by atoms with Crippen LogP contribution in [-0.4, -0.2) is 24.5 Å². The number of rotatable bonds is 2. The standard InChI is InChI=1S/C13H27N/c1-4-14(3)13-10-8-6-5-7-9-12(2)11-13/h12-13H,4-11H2,1-3H3. The first-order valence-corrected chi connectivity index (χ1v) is 6.44. The van der Waals surface area contributed by atoms with Gasteiger partial charge >= 0.3 is 0 Å². The molecule has 1 aliphatic carbocycles. The molecule has 14 heavy (non-hydrogen) atoms. The largest absolute Gasteiger partial charge is 0.304 e. The molecule has 0 amide bonds. The average molecular weight is 197 g/mol. The first-order valence-electron chi connectivity index (χ1n) is 6.44. The van der Waals surface area contributed by atoms with Crippen molar-refractivity contribution in [1.82, 2.24) is 4.90 Å². The second-order valence-electron chi connectivity index (χ2n) is 5.06. The van der Waals surface area contributed by atoms with E-state index in [1.54, 1.807) is 0 Å². The predicted octanol–water partition coefficient (Wildman–Crippen LogP) is 3.69. The zero-order valence-electron chi connectivity index (χ0n) is 10.3. The smallest absolute Gasteiger partial charge is 0.00946 e. The van der Waals surface area contributed by atoms with Crippen LogP contribution >= 0.6 is 0 Å². The van der Waals surface area contributed by atoms with Crippen molar-refractivity contribution in [2.45, 2.75) is 64.8 Å². The summed E-state index contributed by atoms with van der Waals surface area (Å²) in [5, 5.41) is 0. The van der Waals surface area contributed by atoms with Gasteiger partial charge in [-0.05, 0) is 32.4 Å². The third-order valence-corrected chi connectivity index (χ3v) is 3.78. The predicted molar refractivity (Wildman–Crippen MR) is 63.6 cm³/mol. The zero-order valence-corrected chi connectivity index (χ0v) is 10.3. The van der Waals surface area contributed by atoms with Crippen LogP contribution in [0.25, 0.3) is 0 Å². The molecular weight excluding hydrogens is 170 g/mol. The van der Waals surface area contributed by atoms with Crippen molar-refractivity contribution in [3.63, 3.8) is 0 Å². The van der Waals surface area contributed by atoms with Crippen LogP contribution < -0.4 is 0 Å². The molecule has 1 nitrogen and oxygen atoms in total. The third kappa shape index (κ3) is 4.00. The fourth-order valence-corrected chi connectivity index (χ4v) is 2.59. The molecule has 84 valence electrons. The summed E-state index contributed by atoms with van der Waals surface area (Å²) in [4.78, 5) is 2.54. The molecule has 1 saturated carbocycles. The highest BCUT2D eigenvalue weighted by Crippen LogP contribution is 2.24. The van der Waals surface area contributed by atoms with E-state index >= 15 is 0 Å². The van der Waals surface area contributed by atoms with Crippen LogP contribution in [0.5, 0.6) is 0 Å². The maximum atomic E-state index is 2.54. The number of hydrogen-bond acceptors (Lipinski definition) is 1. The van der Waals surface area contributed by atoms with E-state index in [1.807, 2.05) is 0 Å². The third-order valence-electron chi connectivity index (χ3n) is 3.78. The quantitative estimate of drug-likeness (QED) is 0.652. The van der Waals surface area contributed by atoms with Gasteiger partial charge in [0.2, 0.25) is 0 Å². The van der Waals surface area contributed by atoms with Crippen LogP contribution in [0.1, 0.15) is 58.8 Å². The van der Waals surface area contributed by atoms with Gasteiger partial charge in [0.05, 0.1) is 0 Å². The molecule has 0 heterocycles. The van der Waals surface area contributed by atoms with Crippen LogP contribution in [-0.2, 0) is 0 Å². The summed E-state index contributed by atoms with van der Waals surface area (Å²) in [5.74, 6) is 0.937. The minimum Gasteiger partial charge on any atom is -0.304 e. The van der Waals surface area contributed by atoms with Crippen LogP contribution in [0.2, 0.25) is 0 Å². The molecule has 0 aliphatic heterocycles. The van der Waals surface area contributed by atoms with Gasteiger partial charge in [-0.3, -0.25) is 0 Å². The van der Waals surface area contributed by atoms with Gasteiger partial charge in [-0.25, -0.2) is 0 Å². The summed E-state index contributed by atoms with van der Waals surface area (Å²) in [5.41, 5.74) is 0. The SMILES string of the molecule is CCN(C)C1CCCCCCC(C)C1. The molecule has 0 aromatic heterocycles. The van der Waals surface area contributed by atoms with Crippen molar-refractivity contribution in [2.75, 3.05) is 13.6 Å². The van der Waals surface area contributed by atoms with Crippen LogP contribution in [0.4, 0.5) is 0 Å². The average Bonchev–Trinajstić information content (AvgIpc) is 2.29. The molecule has 0 aromatic rings. The molecule has 1 fully saturated rings. The van der Waals surface area contributed by atoms with E-state index in [9.17, 15) is 0 Å². The molecule has 1 heteroatoms. The summed E-state index contributed by atoms with van der Waals surface area (Å²) in [6.07, 6.45) is 10.1. The van der Waals surface area contributed by atoms with E-state index in [-0.39, 0.29) is 0 Å². The van der Waals surface area contributed by atoms with Crippen molar-refractivity contribution in [2.24, 2.45) is 5.92 Å². The first kappa shape index (κ1) is 12.0.